The summed E-state index contributed by atoms with van der Waals surface area (Å²) < 4.78 is 38.2. The molecule has 2 aliphatic heterocycles. The van der Waals surface area contributed by atoms with E-state index in [-0.39, 0.29) is 16.7 Å². The van der Waals surface area contributed by atoms with Gasteiger partial charge in [0.15, 0.2) is 10.5 Å². The third-order valence-corrected chi connectivity index (χ3v) is 6.85. The molecule has 5 rings (SSSR count). The monoisotopic (exact) mass is 571 g/mol. The Morgan fingerprint density at radius 1 is 1.20 bits per heavy atom. The number of thioether (sulfide) groups is 1. The summed E-state index contributed by atoms with van der Waals surface area (Å²) in [5, 5.41) is 11.1. The lowest BCUT2D eigenvalue weighted by molar-refractivity contribution is 0.0978. The molecule has 0 radical (unpaired) electrons. The van der Waals surface area contributed by atoms with Crippen molar-refractivity contribution >= 4 is 34.4 Å². The summed E-state index contributed by atoms with van der Waals surface area (Å²) in [5.41, 5.74) is 6.86. The normalized spacial score (nSPS) is 19.0. The van der Waals surface area contributed by atoms with E-state index in [2.05, 4.69) is 43.2 Å². The van der Waals surface area contributed by atoms with Gasteiger partial charge in [-0.2, -0.15) is 5.10 Å². The number of amidine groups is 1. The number of alkyl halides is 2. The highest BCUT2D eigenvalue weighted by Gasteiger charge is 2.27. The fourth-order valence-electron chi connectivity index (χ4n) is 3.77. The molecule has 1 saturated carbocycles. The topological polar surface area (TPSA) is 112 Å². The Balaban J connectivity index is 0.00000181. The van der Waals surface area contributed by atoms with E-state index in [0.717, 1.165) is 12.8 Å². The maximum Gasteiger partial charge on any atom is 0.280 e. The van der Waals surface area contributed by atoms with Gasteiger partial charge in [0.05, 0.1) is 13.3 Å². The number of nitrogens with zero attached hydrogens (tertiary/aromatic N) is 4. The number of nitrogens with one attached hydrogen (secondary N) is 3. The van der Waals surface area contributed by atoms with Crippen molar-refractivity contribution in [1.82, 2.24) is 21.2 Å². The maximum absolute atomic E-state index is 13.6. The Bertz CT molecular complexity index is 1370. The lowest BCUT2D eigenvalue weighted by Gasteiger charge is -2.26. The summed E-state index contributed by atoms with van der Waals surface area (Å²) >= 11 is 1.30. The van der Waals surface area contributed by atoms with Crippen LogP contribution in [0, 0.1) is 17.8 Å². The first-order valence-corrected chi connectivity index (χ1v) is 13.7. The fourth-order valence-corrected chi connectivity index (χ4v) is 4.48. The molecule has 40 heavy (non-hydrogen) atoms. The Morgan fingerprint density at radius 2 is 1.98 bits per heavy atom. The number of carbonyl (C=O) groups is 1. The van der Waals surface area contributed by atoms with Crippen LogP contribution < -0.4 is 25.8 Å². The molecule has 1 fully saturated rings. The lowest BCUT2D eigenvalue weighted by atomic mass is 9.97. The van der Waals surface area contributed by atoms with Crippen LogP contribution in [0.3, 0.4) is 0 Å². The number of carbonyl (C=O) groups excluding carboxylic acids is 1. The molecule has 2 unspecified atom stereocenters. The minimum atomic E-state index is -2.80. The zero-order valence-electron chi connectivity index (χ0n) is 22.8. The second-order valence-corrected chi connectivity index (χ2v) is 9.84. The SMILES string of the molecule is CC.COc1cnc(C(F)F)cc1-c1cc(N(C)C2NN=C(C)O2)ccc1C(=O)NC1=NNC(C#CC2CC2)S1. The summed E-state index contributed by atoms with van der Waals surface area (Å²) in [4.78, 5) is 19.0. The van der Waals surface area contributed by atoms with E-state index in [9.17, 15) is 13.6 Å². The first-order chi connectivity index (χ1) is 19.3. The number of hydrazone groups is 2. The van der Waals surface area contributed by atoms with Gasteiger partial charge in [0.2, 0.25) is 5.90 Å². The predicted molar refractivity (Wildman–Crippen MR) is 152 cm³/mol. The van der Waals surface area contributed by atoms with Gasteiger partial charge < -0.3 is 14.4 Å². The van der Waals surface area contributed by atoms with Gasteiger partial charge in [-0.15, -0.1) is 5.10 Å². The van der Waals surface area contributed by atoms with E-state index in [4.69, 9.17) is 9.47 Å². The molecule has 1 aromatic heterocycles. The summed E-state index contributed by atoms with van der Waals surface area (Å²) in [6.45, 7) is 5.72. The Kier molecular flexibility index (Phi) is 9.31. The zero-order chi connectivity index (χ0) is 28.8. The molecule has 1 aromatic carbocycles. The number of anilines is 1. The number of aromatic nitrogens is 1. The van der Waals surface area contributed by atoms with Crippen LogP contribution in [0.25, 0.3) is 11.1 Å². The molecular weight excluding hydrogens is 540 g/mol. The molecule has 1 amide bonds. The van der Waals surface area contributed by atoms with Crippen molar-refractivity contribution in [3.05, 3.63) is 41.7 Å². The molecule has 3 heterocycles. The molecule has 3 N–H and O–H groups in total. The molecule has 10 nitrogen and oxygen atoms in total. The number of amides is 1. The molecular formula is C27H31F2N7O3S. The Hall–Kier alpha value is -4.05. The number of hydrogen-bond acceptors (Lipinski definition) is 10. The predicted octanol–water partition coefficient (Wildman–Crippen LogP) is 4.47. The number of ether oxygens (including phenoxy) is 2. The minimum Gasteiger partial charge on any atom is -0.494 e. The van der Waals surface area contributed by atoms with Crippen molar-refractivity contribution in [2.24, 2.45) is 16.1 Å². The molecule has 3 aliphatic rings. The minimum absolute atomic E-state index is 0.232. The summed E-state index contributed by atoms with van der Waals surface area (Å²) in [5.74, 6) is 6.98. The average molecular weight is 572 g/mol. The lowest BCUT2D eigenvalue weighted by Crippen LogP contribution is -2.40. The van der Waals surface area contributed by atoms with E-state index < -0.39 is 24.4 Å². The van der Waals surface area contributed by atoms with E-state index in [0.29, 0.717) is 33.8 Å². The van der Waals surface area contributed by atoms with Crippen LogP contribution in [0.2, 0.25) is 0 Å². The summed E-state index contributed by atoms with van der Waals surface area (Å²) in [6, 6.07) is 6.26. The highest BCUT2D eigenvalue weighted by atomic mass is 32.2. The first kappa shape index (κ1) is 28.9. The molecule has 0 spiro atoms. The van der Waals surface area contributed by atoms with Gasteiger partial charge in [0, 0.05) is 42.3 Å². The Labute approximate surface area is 236 Å². The standard InChI is InChI=1S/C25H25F2N7O3S.C2H6/c1-13-30-33-25(37-13)34(2)15-7-8-16(17(10-15)18-11-19(22(26)27)28-12-20(18)36-3)23(35)29-24-32-31-21(38-24)9-6-14-4-5-14;1-2/h7-8,10-12,14,21-22,25,31,33H,4-5H2,1-3H3,(H,29,32,35);1-2H3. The van der Waals surface area contributed by atoms with Gasteiger partial charge in [0.25, 0.3) is 18.7 Å². The van der Waals surface area contributed by atoms with Crippen LogP contribution in [0.5, 0.6) is 5.75 Å². The molecule has 212 valence electrons. The highest BCUT2D eigenvalue weighted by Crippen LogP contribution is 2.37. The Morgan fingerprint density at radius 3 is 2.62 bits per heavy atom. The number of rotatable bonds is 6. The largest absolute Gasteiger partial charge is 0.494 e. The van der Waals surface area contributed by atoms with E-state index in [1.807, 2.05) is 13.8 Å². The van der Waals surface area contributed by atoms with Crippen molar-refractivity contribution in [2.45, 2.75) is 51.8 Å². The quantitative estimate of drug-likeness (QED) is 0.436. The molecule has 0 saturated heterocycles. The molecule has 2 aromatic rings. The van der Waals surface area contributed by atoms with Crippen molar-refractivity contribution in [3.8, 4) is 28.7 Å². The van der Waals surface area contributed by atoms with Crippen LogP contribution >= 0.6 is 11.8 Å². The van der Waals surface area contributed by atoms with Crippen LogP contribution in [0.4, 0.5) is 14.5 Å². The zero-order valence-corrected chi connectivity index (χ0v) is 23.6. The van der Waals surface area contributed by atoms with Crippen LogP contribution in [0.1, 0.15) is 56.1 Å². The van der Waals surface area contributed by atoms with Gasteiger partial charge in [0.1, 0.15) is 11.4 Å². The third-order valence-electron chi connectivity index (χ3n) is 5.97. The van der Waals surface area contributed by atoms with Gasteiger partial charge in [-0.1, -0.05) is 25.7 Å². The highest BCUT2D eigenvalue weighted by molar-refractivity contribution is 8.14. The number of benzene rings is 1. The van der Waals surface area contributed by atoms with Crippen LogP contribution in [-0.4, -0.2) is 47.8 Å². The van der Waals surface area contributed by atoms with Gasteiger partial charge in [-0.25, -0.2) is 8.78 Å². The van der Waals surface area contributed by atoms with Crippen molar-refractivity contribution < 1.29 is 23.0 Å². The van der Waals surface area contributed by atoms with Crippen molar-refractivity contribution in [1.29, 1.82) is 0 Å². The van der Waals surface area contributed by atoms with E-state index >= 15 is 0 Å². The fraction of sp³-hybridized carbons (Fsp3) is 0.407. The summed E-state index contributed by atoms with van der Waals surface area (Å²) in [6.07, 6.45) is 0.0665. The maximum atomic E-state index is 13.6. The molecule has 0 bridgehead atoms. The van der Waals surface area contributed by atoms with Crippen molar-refractivity contribution in [3.63, 3.8) is 0 Å². The van der Waals surface area contributed by atoms with E-state index in [1.165, 1.54) is 31.1 Å². The van der Waals surface area contributed by atoms with Crippen LogP contribution in [-0.2, 0) is 4.74 Å². The number of hydrogen-bond donors (Lipinski definition) is 3. The molecule has 2 atom stereocenters. The van der Waals surface area contributed by atoms with Crippen molar-refractivity contribution in [2.75, 3.05) is 19.1 Å². The second kappa shape index (κ2) is 12.9. The van der Waals surface area contributed by atoms with Crippen LogP contribution in [0.15, 0.2) is 40.7 Å². The van der Waals surface area contributed by atoms with Gasteiger partial charge >= 0.3 is 0 Å². The molecule has 1 aliphatic carbocycles. The molecule has 13 heteroatoms. The van der Waals surface area contributed by atoms with E-state index in [1.54, 1.807) is 37.1 Å². The first-order valence-electron chi connectivity index (χ1n) is 12.8. The second-order valence-electron chi connectivity index (χ2n) is 8.74. The van der Waals surface area contributed by atoms with Gasteiger partial charge in [-0.3, -0.25) is 25.9 Å². The van der Waals surface area contributed by atoms with Gasteiger partial charge in [-0.05, 0) is 48.9 Å². The summed E-state index contributed by atoms with van der Waals surface area (Å²) in [7, 11) is 3.18. The third kappa shape index (κ3) is 6.74. The smallest absolute Gasteiger partial charge is 0.280 e. The number of pyridine rings is 1. The average Bonchev–Trinajstić information content (AvgIpc) is 3.54. The number of methoxy groups -OCH3 is 1. The number of halogens is 2.